The lowest BCUT2D eigenvalue weighted by atomic mass is 10.3. The molecule has 2 heterocycles. The Labute approximate surface area is 156 Å². The van der Waals surface area contributed by atoms with Crippen LogP contribution in [0.15, 0.2) is 12.1 Å². The Morgan fingerprint density at radius 2 is 2.04 bits per heavy atom. The topological polar surface area (TPSA) is 110 Å². The van der Waals surface area contributed by atoms with Gasteiger partial charge < -0.3 is 10.6 Å². The molecular weight excluding hydrogens is 387 g/mol. The molecule has 146 valence electrons. The molecule has 0 aliphatic heterocycles. The number of hydrogen-bond acceptors (Lipinski definition) is 7. The summed E-state index contributed by atoms with van der Waals surface area (Å²) in [5.74, 6) is -1.21. The molecule has 0 aromatic carbocycles. The van der Waals surface area contributed by atoms with E-state index in [2.05, 4.69) is 20.6 Å². The van der Waals surface area contributed by atoms with Gasteiger partial charge in [-0.2, -0.15) is 13.2 Å². The Morgan fingerprint density at radius 1 is 1.33 bits per heavy atom. The van der Waals surface area contributed by atoms with Crippen molar-refractivity contribution in [2.75, 3.05) is 17.2 Å². The third-order valence-electron chi connectivity index (χ3n) is 3.34. The Hall–Kier alpha value is -2.76. The average Bonchev–Trinajstić information content (AvgIpc) is 2.97. The number of nitro groups is 1. The monoisotopic (exact) mass is 403 g/mol. The first-order valence-corrected chi connectivity index (χ1v) is 8.70. The van der Waals surface area contributed by atoms with Crippen molar-refractivity contribution in [3.63, 3.8) is 0 Å². The van der Waals surface area contributed by atoms with E-state index in [0.29, 0.717) is 17.9 Å². The number of halogens is 3. The van der Waals surface area contributed by atoms with Crippen LogP contribution in [0.3, 0.4) is 0 Å². The summed E-state index contributed by atoms with van der Waals surface area (Å²) in [5.41, 5.74) is -1.57. The van der Waals surface area contributed by atoms with Crippen molar-refractivity contribution < 1.29 is 22.9 Å². The lowest BCUT2D eigenvalue weighted by Crippen LogP contribution is -2.18. The highest BCUT2D eigenvalue weighted by Crippen LogP contribution is 2.34. The number of rotatable bonds is 7. The molecule has 0 saturated heterocycles. The van der Waals surface area contributed by atoms with Gasteiger partial charge in [-0.25, -0.2) is 9.97 Å². The number of thiazole rings is 1. The summed E-state index contributed by atoms with van der Waals surface area (Å²) in [4.78, 5) is 29.4. The van der Waals surface area contributed by atoms with Crippen molar-refractivity contribution in [2.45, 2.75) is 32.9 Å². The zero-order valence-corrected chi connectivity index (χ0v) is 15.2. The first kappa shape index (κ1) is 20.6. The molecule has 0 aliphatic carbocycles. The van der Waals surface area contributed by atoms with Crippen molar-refractivity contribution in [1.82, 2.24) is 9.97 Å². The van der Waals surface area contributed by atoms with Crippen LogP contribution in [0.1, 0.15) is 40.1 Å². The van der Waals surface area contributed by atoms with Crippen LogP contribution in [-0.2, 0) is 6.18 Å². The van der Waals surface area contributed by atoms with Crippen LogP contribution < -0.4 is 10.6 Å². The van der Waals surface area contributed by atoms with Gasteiger partial charge >= 0.3 is 11.9 Å². The van der Waals surface area contributed by atoms with E-state index in [0.717, 1.165) is 25.0 Å². The van der Waals surface area contributed by atoms with Gasteiger partial charge in [-0.05, 0) is 19.4 Å². The smallest absolute Gasteiger partial charge is 0.364 e. The van der Waals surface area contributed by atoms with Crippen LogP contribution in [0, 0.1) is 17.0 Å². The highest BCUT2D eigenvalue weighted by molar-refractivity contribution is 7.13. The minimum Gasteiger partial charge on any atom is -0.364 e. The van der Waals surface area contributed by atoms with Crippen LogP contribution in [0.5, 0.6) is 0 Å². The maximum Gasteiger partial charge on any atom is 0.435 e. The molecule has 2 aromatic rings. The molecule has 0 aliphatic rings. The molecule has 2 N–H and O–H groups in total. The third kappa shape index (κ3) is 5.12. The minimum absolute atomic E-state index is 0.0669. The van der Waals surface area contributed by atoms with Crippen LogP contribution in [0.2, 0.25) is 0 Å². The van der Waals surface area contributed by atoms with E-state index in [1.807, 2.05) is 6.92 Å². The lowest BCUT2D eigenvalue weighted by molar-refractivity contribution is -0.384. The standard InChI is InChI=1S/C15H16F3N5O3S/c1-3-4-7-19-13-9(23(25)26)5-6-10(21-13)22-14(24)11-12(15(16,17)18)20-8(2)27-11/h5-6H,3-4,7H2,1-2H3,(H2,19,21,22,24). The summed E-state index contributed by atoms with van der Waals surface area (Å²) < 4.78 is 39.0. The van der Waals surface area contributed by atoms with E-state index in [9.17, 15) is 28.1 Å². The predicted molar refractivity (Wildman–Crippen MR) is 94.1 cm³/mol. The first-order valence-electron chi connectivity index (χ1n) is 7.88. The SMILES string of the molecule is CCCCNc1nc(NC(=O)c2sc(C)nc2C(F)(F)F)ccc1[N+](=O)[O-]. The normalized spacial score (nSPS) is 11.3. The summed E-state index contributed by atoms with van der Waals surface area (Å²) in [6, 6.07) is 2.28. The number of pyridine rings is 1. The number of nitrogens with zero attached hydrogens (tertiary/aromatic N) is 3. The van der Waals surface area contributed by atoms with Crippen molar-refractivity contribution in [3.8, 4) is 0 Å². The molecule has 2 aromatic heterocycles. The first-order chi connectivity index (χ1) is 12.6. The lowest BCUT2D eigenvalue weighted by Gasteiger charge is -2.09. The Balaban J connectivity index is 2.28. The molecule has 2 rings (SSSR count). The van der Waals surface area contributed by atoms with Crippen LogP contribution >= 0.6 is 11.3 Å². The van der Waals surface area contributed by atoms with Crippen molar-refractivity contribution in [2.24, 2.45) is 0 Å². The number of aromatic nitrogens is 2. The highest BCUT2D eigenvalue weighted by atomic mass is 32.1. The second-order valence-electron chi connectivity index (χ2n) is 5.46. The summed E-state index contributed by atoms with van der Waals surface area (Å²) in [7, 11) is 0. The fraction of sp³-hybridized carbons (Fsp3) is 0.400. The van der Waals surface area contributed by atoms with Crippen molar-refractivity contribution in [1.29, 1.82) is 0 Å². The molecule has 0 fully saturated rings. The fourth-order valence-electron chi connectivity index (χ4n) is 2.13. The molecule has 1 amide bonds. The van der Waals surface area contributed by atoms with Gasteiger partial charge in [0.1, 0.15) is 10.7 Å². The van der Waals surface area contributed by atoms with E-state index in [-0.39, 0.29) is 22.3 Å². The second-order valence-corrected chi connectivity index (χ2v) is 6.67. The number of carbonyl (C=O) groups excluding carboxylic acids is 1. The number of nitrogens with one attached hydrogen (secondary N) is 2. The quantitative estimate of drug-likeness (QED) is 0.407. The largest absolute Gasteiger partial charge is 0.435 e. The molecule has 0 spiro atoms. The zero-order valence-electron chi connectivity index (χ0n) is 14.4. The van der Waals surface area contributed by atoms with Crippen LogP contribution in [-0.4, -0.2) is 27.3 Å². The highest BCUT2D eigenvalue weighted by Gasteiger charge is 2.39. The van der Waals surface area contributed by atoms with E-state index < -0.39 is 27.6 Å². The zero-order chi connectivity index (χ0) is 20.2. The van der Waals surface area contributed by atoms with Gasteiger partial charge in [0.25, 0.3) is 5.91 Å². The Bertz CT molecular complexity index is 854. The molecular formula is C15H16F3N5O3S. The van der Waals surface area contributed by atoms with E-state index in [4.69, 9.17) is 0 Å². The number of unbranched alkanes of at least 4 members (excludes halogenated alkanes) is 1. The predicted octanol–water partition coefficient (Wildman–Crippen LogP) is 4.24. The second kappa shape index (κ2) is 8.29. The number of carbonyl (C=O) groups is 1. The molecule has 0 atom stereocenters. The van der Waals surface area contributed by atoms with Gasteiger partial charge in [0.05, 0.1) is 9.93 Å². The molecule has 0 radical (unpaired) electrons. The number of hydrogen-bond donors (Lipinski definition) is 2. The van der Waals surface area contributed by atoms with Gasteiger partial charge in [-0.1, -0.05) is 13.3 Å². The molecule has 27 heavy (non-hydrogen) atoms. The number of amides is 1. The van der Waals surface area contributed by atoms with Crippen molar-refractivity contribution in [3.05, 3.63) is 37.8 Å². The Morgan fingerprint density at radius 3 is 2.63 bits per heavy atom. The van der Waals surface area contributed by atoms with Gasteiger partial charge in [0.2, 0.25) is 5.82 Å². The maximum atomic E-state index is 13.0. The summed E-state index contributed by atoms with van der Waals surface area (Å²) in [5, 5.41) is 16.2. The van der Waals surface area contributed by atoms with E-state index >= 15 is 0 Å². The van der Waals surface area contributed by atoms with E-state index in [1.165, 1.54) is 6.92 Å². The van der Waals surface area contributed by atoms with Crippen LogP contribution in [0.4, 0.5) is 30.5 Å². The van der Waals surface area contributed by atoms with Gasteiger partial charge in [-0.15, -0.1) is 11.3 Å². The van der Waals surface area contributed by atoms with Crippen LogP contribution in [0.25, 0.3) is 0 Å². The van der Waals surface area contributed by atoms with Crippen molar-refractivity contribution >= 4 is 34.6 Å². The van der Waals surface area contributed by atoms with Gasteiger partial charge in [0.15, 0.2) is 5.69 Å². The summed E-state index contributed by atoms with van der Waals surface area (Å²) in [6.45, 7) is 3.72. The number of alkyl halides is 3. The van der Waals surface area contributed by atoms with E-state index in [1.54, 1.807) is 0 Å². The molecule has 0 bridgehead atoms. The summed E-state index contributed by atoms with van der Waals surface area (Å²) in [6.07, 6.45) is -3.18. The van der Waals surface area contributed by atoms with Gasteiger partial charge in [-0.3, -0.25) is 14.9 Å². The molecule has 8 nitrogen and oxygen atoms in total. The molecule has 0 saturated carbocycles. The summed E-state index contributed by atoms with van der Waals surface area (Å²) >= 11 is 0.603. The fourth-order valence-corrected chi connectivity index (χ4v) is 2.96. The number of anilines is 2. The average molecular weight is 403 g/mol. The third-order valence-corrected chi connectivity index (χ3v) is 4.31. The molecule has 12 heteroatoms. The Kier molecular flexibility index (Phi) is 6.31. The van der Waals surface area contributed by atoms with Gasteiger partial charge in [0, 0.05) is 12.6 Å². The molecule has 0 unspecified atom stereocenters. The maximum absolute atomic E-state index is 13.0. The number of aryl methyl sites for hydroxylation is 1. The minimum atomic E-state index is -4.77.